The van der Waals surface area contributed by atoms with Crippen LogP contribution in [0, 0.1) is 6.92 Å². The number of benzene rings is 4. The number of carboxylic acid groups (broad SMARTS) is 1. The predicted octanol–water partition coefficient (Wildman–Crippen LogP) is 7.31. The topological polar surface area (TPSA) is 87.7 Å². The van der Waals surface area contributed by atoms with Crippen LogP contribution in [0.4, 0.5) is 16.2 Å². The summed E-state index contributed by atoms with van der Waals surface area (Å²) in [6.07, 6.45) is 0. The van der Waals surface area contributed by atoms with E-state index in [1.165, 1.54) is 0 Å². The molecule has 1 atom stereocenters. The lowest BCUT2D eigenvalue weighted by Crippen LogP contribution is -2.31. The van der Waals surface area contributed by atoms with Crippen molar-refractivity contribution in [1.29, 1.82) is 0 Å². The first kappa shape index (κ1) is 24.1. The summed E-state index contributed by atoms with van der Waals surface area (Å²) in [6, 6.07) is 27.8. The van der Waals surface area contributed by atoms with Crippen molar-refractivity contribution >= 4 is 23.4 Å². The van der Waals surface area contributed by atoms with Gasteiger partial charge in [-0.25, -0.2) is 9.59 Å². The molecule has 37 heavy (non-hydrogen) atoms. The van der Waals surface area contributed by atoms with Gasteiger partial charge in [0.05, 0.1) is 17.2 Å². The molecule has 0 bridgehead atoms. The number of carbonyl (C=O) groups excluding carboxylic acids is 1. The first-order valence-corrected chi connectivity index (χ1v) is 12.1. The smallest absolute Gasteiger partial charge is 0.336 e. The Hall–Kier alpha value is -4.58. The molecule has 4 aromatic rings. The molecule has 1 heterocycles. The van der Waals surface area contributed by atoms with E-state index in [4.69, 9.17) is 4.74 Å². The number of fused-ring (bicyclic) bond motifs is 1. The number of anilines is 2. The maximum atomic E-state index is 13.0. The van der Waals surface area contributed by atoms with Gasteiger partial charge in [-0.15, -0.1) is 0 Å². The molecular weight excluding hydrogens is 464 g/mol. The molecule has 2 amide bonds. The largest absolute Gasteiger partial charge is 0.484 e. The molecule has 1 aliphatic heterocycles. The van der Waals surface area contributed by atoms with Gasteiger partial charge in [0.25, 0.3) is 0 Å². The molecule has 6 heteroatoms. The van der Waals surface area contributed by atoms with Crippen LogP contribution in [0.1, 0.15) is 46.8 Å². The Kier molecular flexibility index (Phi) is 6.17. The number of urea groups is 1. The molecule has 0 saturated carbocycles. The van der Waals surface area contributed by atoms with Gasteiger partial charge in [-0.2, -0.15) is 0 Å². The molecule has 0 fully saturated rings. The van der Waals surface area contributed by atoms with E-state index < -0.39 is 17.6 Å². The van der Waals surface area contributed by atoms with E-state index in [1.54, 1.807) is 30.3 Å². The van der Waals surface area contributed by atoms with Crippen molar-refractivity contribution in [3.63, 3.8) is 0 Å². The average molecular weight is 493 g/mol. The monoisotopic (exact) mass is 492 g/mol. The van der Waals surface area contributed by atoms with Crippen LogP contribution < -0.4 is 15.4 Å². The predicted molar refractivity (Wildman–Crippen MR) is 146 cm³/mol. The second-order valence-corrected chi connectivity index (χ2v) is 9.79. The van der Waals surface area contributed by atoms with Crippen molar-refractivity contribution < 1.29 is 19.4 Å². The third kappa shape index (κ3) is 4.78. The third-order valence-corrected chi connectivity index (χ3v) is 6.65. The van der Waals surface area contributed by atoms with Gasteiger partial charge in [0.15, 0.2) is 0 Å². The van der Waals surface area contributed by atoms with Crippen molar-refractivity contribution in [3.8, 4) is 16.9 Å². The minimum atomic E-state index is -1.01. The van der Waals surface area contributed by atoms with E-state index in [2.05, 4.69) is 22.8 Å². The number of hydrogen-bond acceptors (Lipinski definition) is 3. The van der Waals surface area contributed by atoms with Crippen molar-refractivity contribution in [2.45, 2.75) is 32.3 Å². The molecule has 5 rings (SSSR count). The fourth-order valence-electron chi connectivity index (χ4n) is 4.99. The molecular formula is C31H28N2O4. The van der Waals surface area contributed by atoms with Crippen LogP contribution in [-0.2, 0) is 0 Å². The van der Waals surface area contributed by atoms with Gasteiger partial charge < -0.3 is 20.5 Å². The highest BCUT2D eigenvalue weighted by Gasteiger charge is 2.43. The van der Waals surface area contributed by atoms with Crippen LogP contribution in [0.3, 0.4) is 0 Å². The zero-order valence-electron chi connectivity index (χ0n) is 20.9. The van der Waals surface area contributed by atoms with Crippen molar-refractivity contribution in [2.75, 3.05) is 10.6 Å². The van der Waals surface area contributed by atoms with Crippen molar-refractivity contribution in [3.05, 3.63) is 113 Å². The van der Waals surface area contributed by atoms with Gasteiger partial charge in [-0.3, -0.25) is 0 Å². The fraction of sp³-hybridized carbons (Fsp3) is 0.161. The molecule has 3 N–H and O–H groups in total. The van der Waals surface area contributed by atoms with E-state index in [9.17, 15) is 14.7 Å². The van der Waals surface area contributed by atoms with Crippen LogP contribution in [0.15, 0.2) is 91.0 Å². The Labute approximate surface area is 215 Å². The number of carboxylic acids is 1. The molecule has 1 unspecified atom stereocenters. The van der Waals surface area contributed by atoms with Gasteiger partial charge in [0.1, 0.15) is 11.4 Å². The highest BCUT2D eigenvalue weighted by atomic mass is 16.5. The summed E-state index contributed by atoms with van der Waals surface area (Å²) in [6.45, 7) is 6.02. The number of aryl methyl sites for hydroxylation is 1. The molecule has 6 nitrogen and oxygen atoms in total. The molecule has 0 aliphatic carbocycles. The summed E-state index contributed by atoms with van der Waals surface area (Å²) in [5.41, 5.74) is 5.03. The molecule has 4 aromatic carbocycles. The minimum absolute atomic E-state index is 0.124. The van der Waals surface area contributed by atoms with Gasteiger partial charge in [-0.05, 0) is 67.8 Å². The molecule has 0 aromatic heterocycles. The maximum absolute atomic E-state index is 13.0. The zero-order valence-corrected chi connectivity index (χ0v) is 20.9. The van der Waals surface area contributed by atoms with Crippen LogP contribution in [0.2, 0.25) is 0 Å². The van der Waals surface area contributed by atoms with Gasteiger partial charge in [0, 0.05) is 11.3 Å². The highest BCUT2D eigenvalue weighted by molar-refractivity contribution is 6.02. The second kappa shape index (κ2) is 9.47. The Balaban J connectivity index is 1.63. The summed E-state index contributed by atoms with van der Waals surface area (Å²) in [7, 11) is 0. The number of carbonyl (C=O) groups is 2. The van der Waals surface area contributed by atoms with Gasteiger partial charge in [0.2, 0.25) is 0 Å². The fourth-order valence-corrected chi connectivity index (χ4v) is 4.99. The van der Waals surface area contributed by atoms with Gasteiger partial charge >= 0.3 is 12.0 Å². The lowest BCUT2D eigenvalue weighted by atomic mass is 9.80. The van der Waals surface area contributed by atoms with Crippen molar-refractivity contribution in [2.24, 2.45) is 0 Å². The van der Waals surface area contributed by atoms with Crippen molar-refractivity contribution in [1.82, 2.24) is 0 Å². The Bertz CT molecular complexity index is 1480. The highest BCUT2D eigenvalue weighted by Crippen LogP contribution is 2.52. The first-order chi connectivity index (χ1) is 17.7. The summed E-state index contributed by atoms with van der Waals surface area (Å²) < 4.78 is 6.47. The maximum Gasteiger partial charge on any atom is 0.336 e. The lowest BCUT2D eigenvalue weighted by Gasteiger charge is -2.26. The molecule has 186 valence electrons. The van der Waals surface area contributed by atoms with E-state index in [-0.39, 0.29) is 11.5 Å². The number of aromatic carboxylic acids is 1. The number of nitrogens with one attached hydrogen (secondary N) is 2. The van der Waals surface area contributed by atoms with Crippen LogP contribution in [-0.4, -0.2) is 22.7 Å². The SMILES string of the molecule is Cc1ccc(NC(=O)Nc2cc(-c3ccccc3C(=O)O)cc3c2OC(C)(C)C3c2ccccc2)cc1. The number of ether oxygens (including phenoxy) is 1. The normalized spacial score (nSPS) is 15.4. The lowest BCUT2D eigenvalue weighted by molar-refractivity contribution is 0.0697. The van der Waals surface area contributed by atoms with E-state index >= 15 is 0 Å². The summed E-state index contributed by atoms with van der Waals surface area (Å²) >= 11 is 0. The number of rotatable bonds is 5. The molecule has 1 aliphatic rings. The third-order valence-electron chi connectivity index (χ3n) is 6.65. The van der Waals surface area contributed by atoms with Gasteiger partial charge in [-0.1, -0.05) is 66.2 Å². The van der Waals surface area contributed by atoms with E-state index in [1.807, 2.05) is 69.3 Å². The Morgan fingerprint density at radius 1 is 0.865 bits per heavy atom. The first-order valence-electron chi connectivity index (χ1n) is 12.1. The summed E-state index contributed by atoms with van der Waals surface area (Å²) in [5, 5.41) is 15.6. The number of hydrogen-bond donors (Lipinski definition) is 3. The van der Waals surface area contributed by atoms with Crippen LogP contribution >= 0.6 is 0 Å². The van der Waals surface area contributed by atoms with E-state index in [0.717, 1.165) is 16.7 Å². The second-order valence-electron chi connectivity index (χ2n) is 9.79. The number of amides is 2. The quantitative estimate of drug-likeness (QED) is 0.273. The standard InChI is InChI=1S/C31H28N2O4/c1-19-13-15-22(16-14-19)32-30(36)33-26-18-21(23-11-7-8-12-24(23)29(34)35)17-25-27(20-9-5-4-6-10-20)31(2,3)37-28(25)26/h4-18,27H,1-3H3,(H,34,35)(H2,32,33,36). The van der Waals surface area contributed by atoms with Crippen LogP contribution in [0.25, 0.3) is 11.1 Å². The molecule has 0 radical (unpaired) electrons. The van der Waals surface area contributed by atoms with Crippen LogP contribution in [0.5, 0.6) is 5.75 Å². The summed E-state index contributed by atoms with van der Waals surface area (Å²) in [4.78, 5) is 25.0. The molecule has 0 spiro atoms. The zero-order chi connectivity index (χ0) is 26.2. The summed E-state index contributed by atoms with van der Waals surface area (Å²) in [5.74, 6) is -0.560. The Morgan fingerprint density at radius 3 is 2.24 bits per heavy atom. The minimum Gasteiger partial charge on any atom is -0.484 e. The Morgan fingerprint density at radius 2 is 1.54 bits per heavy atom. The average Bonchev–Trinajstić information content (AvgIpc) is 3.16. The molecule has 0 saturated heterocycles. The van der Waals surface area contributed by atoms with E-state index in [0.29, 0.717) is 28.3 Å².